The van der Waals surface area contributed by atoms with E-state index >= 15 is 0 Å². The number of halogens is 1. The molecule has 8 heteroatoms. The molecule has 1 atom stereocenters. The van der Waals surface area contributed by atoms with Gasteiger partial charge in [0, 0.05) is 47.7 Å². The minimum atomic E-state index is -0.952. The van der Waals surface area contributed by atoms with E-state index in [1.54, 1.807) is 12.1 Å². The molecule has 32 heavy (non-hydrogen) atoms. The molecule has 5 N–H and O–H groups in total. The molecule has 0 radical (unpaired) electrons. The number of aliphatic hydroxyl groups is 1. The first kappa shape index (κ1) is 23.5. The smallest absolute Gasteiger partial charge is 0.253 e. The number of rotatable bonds is 9. The maximum absolute atomic E-state index is 13.7. The molecule has 0 spiro atoms. The van der Waals surface area contributed by atoms with Crippen molar-refractivity contribution in [1.29, 1.82) is 0 Å². The van der Waals surface area contributed by atoms with Crippen LogP contribution in [0.1, 0.15) is 65.5 Å². The first-order valence-corrected chi connectivity index (χ1v) is 11.0. The molecule has 2 aromatic rings. The fraction of sp³-hybridized carbons (Fsp3) is 0.417. The predicted molar refractivity (Wildman–Crippen MR) is 124 cm³/mol. The van der Waals surface area contributed by atoms with Crippen molar-refractivity contribution in [2.75, 3.05) is 18.4 Å². The second-order valence-corrected chi connectivity index (χ2v) is 8.02. The van der Waals surface area contributed by atoms with Gasteiger partial charge in [-0.05, 0) is 63.5 Å². The number of carbonyl (C=O) groups excluding carboxylic acids is 2. The van der Waals surface area contributed by atoms with Crippen molar-refractivity contribution in [2.45, 2.75) is 52.7 Å². The number of hydrogen-bond donors (Lipinski definition) is 5. The zero-order valence-electron chi connectivity index (χ0n) is 18.8. The van der Waals surface area contributed by atoms with Crippen LogP contribution in [0.3, 0.4) is 0 Å². The van der Waals surface area contributed by atoms with E-state index in [-0.39, 0.29) is 17.6 Å². The molecule has 2 heterocycles. The predicted octanol–water partition coefficient (Wildman–Crippen LogP) is 3.48. The van der Waals surface area contributed by atoms with Gasteiger partial charge in [-0.25, -0.2) is 4.39 Å². The molecule has 172 valence electrons. The third kappa shape index (κ3) is 5.37. The van der Waals surface area contributed by atoms with Gasteiger partial charge in [-0.1, -0.05) is 6.42 Å². The maximum Gasteiger partial charge on any atom is 0.253 e. The summed E-state index contributed by atoms with van der Waals surface area (Å²) in [7, 11) is 0. The quantitative estimate of drug-likeness (QED) is 0.383. The van der Waals surface area contributed by atoms with Crippen LogP contribution < -0.4 is 16.0 Å². The Balaban J connectivity index is 1.63. The topological polar surface area (TPSA) is 106 Å². The van der Waals surface area contributed by atoms with Crippen molar-refractivity contribution >= 4 is 29.2 Å². The molecule has 0 bridgehead atoms. The van der Waals surface area contributed by atoms with Crippen molar-refractivity contribution in [3.05, 3.63) is 52.1 Å². The van der Waals surface area contributed by atoms with Gasteiger partial charge in [-0.2, -0.15) is 0 Å². The van der Waals surface area contributed by atoms with Crippen LogP contribution in [0.2, 0.25) is 0 Å². The minimum Gasteiger partial charge on any atom is -0.369 e. The van der Waals surface area contributed by atoms with Crippen LogP contribution in [0.15, 0.2) is 18.2 Å². The van der Waals surface area contributed by atoms with Gasteiger partial charge < -0.3 is 26.0 Å². The normalized spacial score (nSPS) is 16.0. The number of carbonyl (C=O) groups is 2. The number of aromatic amines is 1. The molecule has 2 amide bonds. The average molecular weight is 443 g/mol. The van der Waals surface area contributed by atoms with E-state index in [0.717, 1.165) is 30.5 Å². The summed E-state index contributed by atoms with van der Waals surface area (Å²) >= 11 is 0. The number of hydrogen-bond acceptors (Lipinski definition) is 4. The number of anilines is 1. The van der Waals surface area contributed by atoms with Crippen LogP contribution in [0.25, 0.3) is 11.6 Å². The lowest BCUT2D eigenvalue weighted by molar-refractivity contribution is -0.121. The molecule has 7 nitrogen and oxygen atoms in total. The first-order chi connectivity index (χ1) is 15.3. The molecule has 0 aliphatic carbocycles. The van der Waals surface area contributed by atoms with Gasteiger partial charge in [0.15, 0.2) is 6.23 Å². The average Bonchev–Trinajstić information content (AvgIpc) is 3.20. The van der Waals surface area contributed by atoms with Crippen LogP contribution in [0, 0.1) is 19.7 Å². The Hall–Kier alpha value is -3.13. The molecule has 1 aromatic heterocycles. The van der Waals surface area contributed by atoms with E-state index < -0.39 is 6.23 Å². The molecule has 1 aliphatic heterocycles. The van der Waals surface area contributed by atoms with E-state index in [1.165, 1.54) is 12.1 Å². The van der Waals surface area contributed by atoms with Crippen molar-refractivity contribution in [2.24, 2.45) is 0 Å². The largest absolute Gasteiger partial charge is 0.369 e. The third-order valence-electron chi connectivity index (χ3n) is 5.62. The summed E-state index contributed by atoms with van der Waals surface area (Å²) in [4.78, 5) is 27.4. The van der Waals surface area contributed by atoms with Crippen molar-refractivity contribution in [3.63, 3.8) is 0 Å². The monoisotopic (exact) mass is 442 g/mol. The number of benzene rings is 1. The molecule has 1 aliphatic rings. The summed E-state index contributed by atoms with van der Waals surface area (Å²) in [5.41, 5.74) is 4.56. The van der Waals surface area contributed by atoms with Crippen LogP contribution >= 0.6 is 0 Å². The Bertz CT molecular complexity index is 1030. The van der Waals surface area contributed by atoms with Crippen molar-refractivity contribution in [1.82, 2.24) is 15.6 Å². The van der Waals surface area contributed by atoms with E-state index in [2.05, 4.69) is 20.9 Å². The van der Waals surface area contributed by atoms with Crippen LogP contribution in [0.5, 0.6) is 0 Å². The second kappa shape index (κ2) is 10.5. The number of nitrogens with one attached hydrogen (secondary N) is 4. The van der Waals surface area contributed by atoms with Gasteiger partial charge in [0.2, 0.25) is 5.91 Å². The number of aliphatic hydroxyl groups excluding tert-OH is 1. The molecular weight excluding hydrogens is 411 g/mol. The highest BCUT2D eigenvalue weighted by molar-refractivity contribution is 5.99. The Kier molecular flexibility index (Phi) is 7.69. The van der Waals surface area contributed by atoms with Crippen LogP contribution in [-0.2, 0) is 4.79 Å². The summed E-state index contributed by atoms with van der Waals surface area (Å²) in [5, 5.41) is 19.0. The minimum absolute atomic E-state index is 0.0599. The van der Waals surface area contributed by atoms with E-state index in [1.807, 2.05) is 20.8 Å². The van der Waals surface area contributed by atoms with E-state index in [0.29, 0.717) is 47.6 Å². The first-order valence-electron chi connectivity index (χ1n) is 11.0. The Morgan fingerprint density at radius 3 is 2.72 bits per heavy atom. The van der Waals surface area contributed by atoms with Crippen LogP contribution in [0.4, 0.5) is 10.1 Å². The highest BCUT2D eigenvalue weighted by Gasteiger charge is 2.26. The molecule has 0 fully saturated rings. The Morgan fingerprint density at radius 2 is 1.97 bits per heavy atom. The van der Waals surface area contributed by atoms with Crippen molar-refractivity contribution in [3.8, 4) is 0 Å². The lowest BCUT2D eigenvalue weighted by Crippen LogP contribution is -2.25. The summed E-state index contributed by atoms with van der Waals surface area (Å²) in [6.07, 6.45) is 3.75. The fourth-order valence-corrected chi connectivity index (χ4v) is 3.99. The van der Waals surface area contributed by atoms with Crippen molar-refractivity contribution < 1.29 is 19.1 Å². The van der Waals surface area contributed by atoms with Crippen LogP contribution in [-0.4, -0.2) is 41.2 Å². The summed E-state index contributed by atoms with van der Waals surface area (Å²) < 4.78 is 13.7. The maximum atomic E-state index is 13.7. The van der Waals surface area contributed by atoms with E-state index in [4.69, 9.17) is 0 Å². The van der Waals surface area contributed by atoms with Gasteiger partial charge in [0.1, 0.15) is 5.82 Å². The fourth-order valence-electron chi connectivity index (χ4n) is 3.99. The van der Waals surface area contributed by atoms with Gasteiger partial charge in [-0.15, -0.1) is 0 Å². The van der Waals surface area contributed by atoms with Gasteiger partial charge in [0.05, 0.1) is 5.56 Å². The number of aromatic nitrogens is 1. The SMILES string of the molecule is CCNC(=O)CCCCCNC(=O)c1c(C)[nH]c(/C=C2/c3cc(F)ccc3NC2O)c1C. The molecule has 0 saturated carbocycles. The standard InChI is InChI=1S/C24H31FN4O3/c1-4-26-21(30)8-6-5-7-11-27-24(32)22-14(2)20(28-15(22)3)13-18-17-12-16(25)9-10-19(17)29-23(18)31/h9-10,12-13,23,28-29,31H,4-8,11H2,1-3H3,(H,26,30)(H,27,32)/b18-13-. The van der Waals surface area contributed by atoms with E-state index in [9.17, 15) is 19.1 Å². The zero-order chi connectivity index (χ0) is 23.3. The summed E-state index contributed by atoms with van der Waals surface area (Å²) in [5.74, 6) is -0.484. The molecule has 1 aromatic carbocycles. The molecule has 0 saturated heterocycles. The number of unbranched alkanes of at least 4 members (excludes halogenated alkanes) is 2. The number of fused-ring (bicyclic) bond motifs is 1. The number of amides is 2. The summed E-state index contributed by atoms with van der Waals surface area (Å²) in [6.45, 7) is 6.74. The highest BCUT2D eigenvalue weighted by Crippen LogP contribution is 2.36. The molecular formula is C24H31FN4O3. The zero-order valence-corrected chi connectivity index (χ0v) is 18.8. The third-order valence-corrected chi connectivity index (χ3v) is 5.62. The molecule has 3 rings (SSSR count). The lowest BCUT2D eigenvalue weighted by Gasteiger charge is -2.07. The highest BCUT2D eigenvalue weighted by atomic mass is 19.1. The number of H-pyrrole nitrogens is 1. The van der Waals surface area contributed by atoms with Gasteiger partial charge in [0.25, 0.3) is 5.91 Å². The lowest BCUT2D eigenvalue weighted by atomic mass is 10.0. The van der Waals surface area contributed by atoms with Gasteiger partial charge >= 0.3 is 0 Å². The Labute approximate surface area is 187 Å². The molecule has 1 unspecified atom stereocenters. The Morgan fingerprint density at radius 1 is 1.19 bits per heavy atom. The van der Waals surface area contributed by atoms with Gasteiger partial charge in [-0.3, -0.25) is 9.59 Å². The summed E-state index contributed by atoms with van der Waals surface area (Å²) in [6, 6.07) is 4.32. The number of aryl methyl sites for hydroxylation is 1. The second-order valence-electron chi connectivity index (χ2n) is 8.02.